The summed E-state index contributed by atoms with van der Waals surface area (Å²) in [5, 5.41) is 2.95. The predicted octanol–water partition coefficient (Wildman–Crippen LogP) is 4.90. The van der Waals surface area contributed by atoms with Gasteiger partial charge in [0.15, 0.2) is 0 Å². The van der Waals surface area contributed by atoms with Crippen molar-refractivity contribution in [3.8, 4) is 0 Å². The number of rotatable bonds is 17. The number of unbranched alkanes of at least 4 members (excludes halogenated alkanes) is 6. The molecule has 0 rings (SSSR count). The van der Waals surface area contributed by atoms with Crippen LogP contribution < -0.4 is 5.32 Å². The van der Waals surface area contributed by atoms with Crippen LogP contribution in [0.1, 0.15) is 91.9 Å². The molecular weight excluding hydrogens is 314 g/mol. The highest BCUT2D eigenvalue weighted by Gasteiger charge is 2.09. The van der Waals surface area contributed by atoms with E-state index >= 15 is 0 Å². The third-order valence-corrected chi connectivity index (χ3v) is 4.66. The van der Waals surface area contributed by atoms with Crippen LogP contribution in [0.5, 0.6) is 0 Å². The van der Waals surface area contributed by atoms with Crippen molar-refractivity contribution in [1.29, 1.82) is 0 Å². The minimum atomic E-state index is 0.0811. The van der Waals surface area contributed by atoms with Gasteiger partial charge in [-0.2, -0.15) is 0 Å². The molecule has 0 aliphatic heterocycles. The zero-order valence-corrected chi connectivity index (χ0v) is 17.1. The Bertz CT molecular complexity index is 342. The van der Waals surface area contributed by atoms with E-state index in [1.54, 1.807) is 0 Å². The average Bonchev–Trinajstić information content (AvgIpc) is 2.60. The van der Waals surface area contributed by atoms with Crippen molar-refractivity contribution in [2.45, 2.75) is 91.9 Å². The fourth-order valence-electron chi connectivity index (χ4n) is 2.53. The van der Waals surface area contributed by atoms with E-state index in [9.17, 15) is 9.59 Å². The molecule has 25 heavy (non-hydrogen) atoms. The van der Waals surface area contributed by atoms with Gasteiger partial charge in [0.2, 0.25) is 5.91 Å². The summed E-state index contributed by atoms with van der Waals surface area (Å²) in [6.07, 6.45) is 10.6. The summed E-state index contributed by atoms with van der Waals surface area (Å²) in [5.74, 6) is 0.866. The van der Waals surface area contributed by atoms with Crippen molar-refractivity contribution in [2.75, 3.05) is 19.8 Å². The molecule has 0 heterocycles. The van der Waals surface area contributed by atoms with E-state index < -0.39 is 0 Å². The highest BCUT2D eigenvalue weighted by Crippen LogP contribution is 2.10. The van der Waals surface area contributed by atoms with Crippen LogP contribution in [-0.4, -0.2) is 31.4 Å². The SMILES string of the molecule is CCC(C)C(=O)CCCCCOCCCCCCCNC(=O)C(C)C. The van der Waals surface area contributed by atoms with Crippen molar-refractivity contribution in [3.63, 3.8) is 0 Å². The number of carbonyl (C=O) groups excluding carboxylic acids is 2. The summed E-state index contributed by atoms with van der Waals surface area (Å²) in [6, 6.07) is 0. The molecule has 0 aromatic carbocycles. The largest absolute Gasteiger partial charge is 0.381 e. The van der Waals surface area contributed by atoms with Gasteiger partial charge in [-0.1, -0.05) is 53.4 Å². The lowest BCUT2D eigenvalue weighted by Gasteiger charge is -2.08. The lowest BCUT2D eigenvalue weighted by Crippen LogP contribution is -2.28. The van der Waals surface area contributed by atoms with Gasteiger partial charge in [0.25, 0.3) is 0 Å². The van der Waals surface area contributed by atoms with Crippen LogP contribution in [0.25, 0.3) is 0 Å². The number of carbonyl (C=O) groups is 2. The summed E-state index contributed by atoms with van der Waals surface area (Å²) in [4.78, 5) is 23.1. The van der Waals surface area contributed by atoms with Gasteiger partial charge in [-0.15, -0.1) is 0 Å². The first kappa shape index (κ1) is 24.1. The van der Waals surface area contributed by atoms with Crippen LogP contribution in [0.4, 0.5) is 0 Å². The Hall–Kier alpha value is -0.900. The Labute approximate surface area is 155 Å². The molecule has 0 aromatic heterocycles. The minimum Gasteiger partial charge on any atom is -0.381 e. The maximum atomic E-state index is 11.7. The van der Waals surface area contributed by atoms with Crippen LogP contribution in [0.3, 0.4) is 0 Å². The fourth-order valence-corrected chi connectivity index (χ4v) is 2.53. The highest BCUT2D eigenvalue weighted by atomic mass is 16.5. The Kier molecular flexibility index (Phi) is 16.0. The highest BCUT2D eigenvalue weighted by molar-refractivity contribution is 5.80. The average molecular weight is 356 g/mol. The molecule has 4 heteroatoms. The van der Waals surface area contributed by atoms with Gasteiger partial charge >= 0.3 is 0 Å². The predicted molar refractivity (Wildman–Crippen MR) is 105 cm³/mol. The first-order chi connectivity index (χ1) is 12.0. The molecule has 0 saturated heterocycles. The van der Waals surface area contributed by atoms with Crippen LogP contribution in [0.15, 0.2) is 0 Å². The molecule has 0 spiro atoms. The Morgan fingerprint density at radius 2 is 1.40 bits per heavy atom. The van der Waals surface area contributed by atoms with Crippen LogP contribution in [-0.2, 0) is 14.3 Å². The molecule has 1 atom stereocenters. The van der Waals surface area contributed by atoms with Gasteiger partial charge < -0.3 is 10.1 Å². The van der Waals surface area contributed by atoms with E-state index in [1.165, 1.54) is 19.3 Å². The number of ketones is 1. The van der Waals surface area contributed by atoms with E-state index in [-0.39, 0.29) is 17.7 Å². The number of nitrogens with one attached hydrogen (secondary N) is 1. The first-order valence-corrected chi connectivity index (χ1v) is 10.4. The quantitative estimate of drug-likeness (QED) is 0.377. The van der Waals surface area contributed by atoms with Gasteiger partial charge in [0.05, 0.1) is 0 Å². The van der Waals surface area contributed by atoms with Gasteiger partial charge in [-0.05, 0) is 32.1 Å². The summed E-state index contributed by atoms with van der Waals surface area (Å²) in [6.45, 7) is 10.4. The molecule has 1 amide bonds. The van der Waals surface area contributed by atoms with Gasteiger partial charge in [0.1, 0.15) is 5.78 Å². The van der Waals surface area contributed by atoms with Crippen LogP contribution in [0, 0.1) is 11.8 Å². The maximum absolute atomic E-state index is 11.7. The second-order valence-electron chi connectivity index (χ2n) is 7.41. The zero-order valence-electron chi connectivity index (χ0n) is 17.1. The number of hydrogen-bond donors (Lipinski definition) is 1. The summed E-state index contributed by atoms with van der Waals surface area (Å²) in [7, 11) is 0. The molecule has 0 saturated carbocycles. The van der Waals surface area contributed by atoms with Crippen molar-refractivity contribution < 1.29 is 14.3 Å². The van der Waals surface area contributed by atoms with Crippen LogP contribution >= 0.6 is 0 Å². The molecular formula is C21H41NO3. The first-order valence-electron chi connectivity index (χ1n) is 10.4. The number of Topliss-reactive ketones (excluding diaryl/α,β-unsaturated/α-hetero) is 1. The second kappa shape index (κ2) is 16.6. The standard InChI is InChI=1S/C21H41NO3/c1-5-19(4)20(23)14-10-9-13-17-25-16-12-8-6-7-11-15-22-21(24)18(2)3/h18-19H,5-17H2,1-4H3,(H,22,24). The fraction of sp³-hybridized carbons (Fsp3) is 0.905. The van der Waals surface area contributed by atoms with E-state index in [2.05, 4.69) is 12.2 Å². The third-order valence-electron chi connectivity index (χ3n) is 4.66. The van der Waals surface area contributed by atoms with E-state index in [4.69, 9.17) is 4.74 Å². The topological polar surface area (TPSA) is 55.4 Å². The van der Waals surface area contributed by atoms with Crippen molar-refractivity contribution in [3.05, 3.63) is 0 Å². The van der Waals surface area contributed by atoms with Crippen molar-refractivity contribution in [2.24, 2.45) is 11.8 Å². The van der Waals surface area contributed by atoms with E-state index in [1.807, 2.05) is 20.8 Å². The zero-order chi connectivity index (χ0) is 18.9. The molecule has 4 nitrogen and oxygen atoms in total. The molecule has 0 aliphatic carbocycles. The normalized spacial score (nSPS) is 12.4. The molecule has 0 aromatic rings. The Morgan fingerprint density at radius 1 is 0.840 bits per heavy atom. The molecule has 148 valence electrons. The van der Waals surface area contributed by atoms with Crippen molar-refractivity contribution >= 4 is 11.7 Å². The smallest absolute Gasteiger partial charge is 0.222 e. The summed E-state index contributed by atoms with van der Waals surface area (Å²) < 4.78 is 5.65. The van der Waals surface area contributed by atoms with E-state index in [0.29, 0.717) is 5.78 Å². The molecule has 0 aliphatic rings. The summed E-state index contributed by atoms with van der Waals surface area (Å²) >= 11 is 0. The molecule has 1 N–H and O–H groups in total. The van der Waals surface area contributed by atoms with Crippen molar-refractivity contribution in [1.82, 2.24) is 5.32 Å². The number of hydrogen-bond acceptors (Lipinski definition) is 3. The molecule has 0 bridgehead atoms. The molecule has 0 fully saturated rings. The van der Waals surface area contributed by atoms with Gasteiger partial charge in [0, 0.05) is 38.0 Å². The Balaban J connectivity index is 3.19. The van der Waals surface area contributed by atoms with E-state index in [0.717, 1.165) is 64.7 Å². The molecule has 0 radical (unpaired) electrons. The van der Waals surface area contributed by atoms with Crippen LogP contribution in [0.2, 0.25) is 0 Å². The third kappa shape index (κ3) is 15.1. The summed E-state index contributed by atoms with van der Waals surface area (Å²) in [5.41, 5.74) is 0. The Morgan fingerprint density at radius 3 is 2.00 bits per heavy atom. The number of amides is 1. The lowest BCUT2D eigenvalue weighted by molar-refractivity contribution is -0.124. The molecule has 1 unspecified atom stereocenters. The lowest BCUT2D eigenvalue weighted by atomic mass is 9.99. The second-order valence-corrected chi connectivity index (χ2v) is 7.41. The number of ether oxygens (including phenoxy) is 1. The maximum Gasteiger partial charge on any atom is 0.222 e. The minimum absolute atomic E-state index is 0.0811. The van der Waals surface area contributed by atoms with Gasteiger partial charge in [-0.25, -0.2) is 0 Å². The van der Waals surface area contributed by atoms with Gasteiger partial charge in [-0.3, -0.25) is 9.59 Å². The monoisotopic (exact) mass is 355 g/mol.